The van der Waals surface area contributed by atoms with Gasteiger partial charge in [-0.1, -0.05) is 27.7 Å². The molecule has 24 heavy (non-hydrogen) atoms. The zero-order valence-corrected chi connectivity index (χ0v) is 16.0. The van der Waals surface area contributed by atoms with Crippen molar-refractivity contribution in [2.24, 2.45) is 11.8 Å². The van der Waals surface area contributed by atoms with Crippen molar-refractivity contribution < 1.29 is 23.7 Å². The number of hydrogen-bond donors (Lipinski definition) is 1. The Kier molecular flexibility index (Phi) is 16.7. The molecular formula is C18H37NO5. The summed E-state index contributed by atoms with van der Waals surface area (Å²) in [6.07, 6.45) is 1.65. The average Bonchev–Trinajstić information content (AvgIpc) is 2.50. The van der Waals surface area contributed by atoms with Crippen LogP contribution in [0, 0.1) is 11.8 Å². The lowest BCUT2D eigenvalue weighted by Crippen LogP contribution is -2.28. The lowest BCUT2D eigenvalue weighted by molar-refractivity contribution is -0.122. The Labute approximate surface area is 147 Å². The summed E-state index contributed by atoms with van der Waals surface area (Å²) in [5, 5.41) is 2.82. The van der Waals surface area contributed by atoms with Crippen molar-refractivity contribution in [3.05, 3.63) is 0 Å². The highest BCUT2D eigenvalue weighted by molar-refractivity contribution is 5.75. The fourth-order valence-electron chi connectivity index (χ4n) is 1.79. The van der Waals surface area contributed by atoms with E-state index in [-0.39, 0.29) is 5.91 Å². The minimum absolute atomic E-state index is 0.0789. The molecule has 1 amide bonds. The maximum atomic E-state index is 11.4. The third-order valence-electron chi connectivity index (χ3n) is 3.12. The van der Waals surface area contributed by atoms with E-state index in [0.29, 0.717) is 71.0 Å². The first kappa shape index (κ1) is 23.3. The van der Waals surface area contributed by atoms with E-state index in [1.165, 1.54) is 0 Å². The van der Waals surface area contributed by atoms with Gasteiger partial charge < -0.3 is 24.3 Å². The van der Waals surface area contributed by atoms with Crippen LogP contribution < -0.4 is 5.32 Å². The molecule has 0 aliphatic heterocycles. The summed E-state index contributed by atoms with van der Waals surface area (Å²) in [5.41, 5.74) is 0. The lowest BCUT2D eigenvalue weighted by Gasteiger charge is -2.09. The van der Waals surface area contributed by atoms with Crippen LogP contribution in [-0.4, -0.2) is 65.3 Å². The first-order valence-electron chi connectivity index (χ1n) is 9.10. The molecule has 0 bridgehead atoms. The zero-order chi connectivity index (χ0) is 18.0. The molecule has 0 fully saturated rings. The second kappa shape index (κ2) is 17.1. The Morgan fingerprint density at radius 1 is 0.708 bits per heavy atom. The van der Waals surface area contributed by atoms with Crippen LogP contribution in [0.4, 0.5) is 0 Å². The molecule has 0 saturated heterocycles. The molecule has 0 spiro atoms. The Balaban J connectivity index is 3.09. The van der Waals surface area contributed by atoms with Crippen molar-refractivity contribution in [2.45, 2.75) is 40.5 Å². The van der Waals surface area contributed by atoms with Gasteiger partial charge >= 0.3 is 0 Å². The standard InChI is InChI=1S/C18H37NO5/c1-16(2)5-7-21-9-11-23-13-14-24-12-10-22-8-6-19-18(20)15-17(3)4/h16-17H,5-15H2,1-4H3,(H,19,20). The highest BCUT2D eigenvalue weighted by Gasteiger charge is 2.03. The Morgan fingerprint density at radius 2 is 1.17 bits per heavy atom. The van der Waals surface area contributed by atoms with Gasteiger partial charge in [-0.25, -0.2) is 0 Å². The minimum atomic E-state index is 0.0789. The van der Waals surface area contributed by atoms with Crippen molar-refractivity contribution in [1.82, 2.24) is 5.32 Å². The molecular weight excluding hydrogens is 310 g/mol. The summed E-state index contributed by atoms with van der Waals surface area (Å²) in [5.74, 6) is 1.14. The van der Waals surface area contributed by atoms with E-state index in [1.807, 2.05) is 13.8 Å². The Hall–Kier alpha value is -0.690. The molecule has 0 heterocycles. The maximum absolute atomic E-state index is 11.4. The summed E-state index contributed by atoms with van der Waals surface area (Å²) in [4.78, 5) is 11.4. The first-order chi connectivity index (χ1) is 11.5. The van der Waals surface area contributed by atoms with Gasteiger partial charge in [0, 0.05) is 19.6 Å². The van der Waals surface area contributed by atoms with Crippen LogP contribution >= 0.6 is 0 Å². The fourth-order valence-corrected chi connectivity index (χ4v) is 1.79. The van der Waals surface area contributed by atoms with E-state index in [2.05, 4.69) is 19.2 Å². The van der Waals surface area contributed by atoms with Crippen LogP contribution in [0.2, 0.25) is 0 Å². The smallest absolute Gasteiger partial charge is 0.220 e. The molecule has 6 heteroatoms. The topological polar surface area (TPSA) is 66.0 Å². The monoisotopic (exact) mass is 347 g/mol. The van der Waals surface area contributed by atoms with Gasteiger partial charge in [0.25, 0.3) is 0 Å². The molecule has 0 aliphatic rings. The van der Waals surface area contributed by atoms with Gasteiger partial charge in [0.2, 0.25) is 5.91 Å². The van der Waals surface area contributed by atoms with Crippen LogP contribution in [0.3, 0.4) is 0 Å². The molecule has 0 aliphatic carbocycles. The summed E-state index contributed by atoms with van der Waals surface area (Å²) < 4.78 is 21.6. The van der Waals surface area contributed by atoms with Gasteiger partial charge in [-0.3, -0.25) is 4.79 Å². The number of ether oxygens (including phenoxy) is 4. The lowest BCUT2D eigenvalue weighted by atomic mass is 10.1. The molecule has 0 aromatic rings. The van der Waals surface area contributed by atoms with E-state index in [1.54, 1.807) is 0 Å². The van der Waals surface area contributed by atoms with Crippen molar-refractivity contribution in [3.8, 4) is 0 Å². The molecule has 0 aromatic carbocycles. The van der Waals surface area contributed by atoms with Crippen molar-refractivity contribution in [1.29, 1.82) is 0 Å². The zero-order valence-electron chi connectivity index (χ0n) is 16.0. The van der Waals surface area contributed by atoms with Crippen LogP contribution in [0.25, 0.3) is 0 Å². The van der Waals surface area contributed by atoms with Gasteiger partial charge in [0.15, 0.2) is 0 Å². The number of rotatable bonds is 17. The largest absolute Gasteiger partial charge is 0.379 e. The maximum Gasteiger partial charge on any atom is 0.220 e. The van der Waals surface area contributed by atoms with Gasteiger partial charge in [-0.05, 0) is 18.3 Å². The van der Waals surface area contributed by atoms with Crippen molar-refractivity contribution in [3.63, 3.8) is 0 Å². The van der Waals surface area contributed by atoms with E-state index in [9.17, 15) is 4.79 Å². The van der Waals surface area contributed by atoms with Crippen LogP contribution in [-0.2, 0) is 23.7 Å². The second-order valence-electron chi connectivity index (χ2n) is 6.58. The quantitative estimate of drug-likeness (QED) is 0.409. The van der Waals surface area contributed by atoms with Crippen molar-refractivity contribution in [2.75, 3.05) is 59.4 Å². The molecule has 144 valence electrons. The van der Waals surface area contributed by atoms with Gasteiger partial charge in [-0.2, -0.15) is 0 Å². The summed E-state index contributed by atoms with van der Waals surface area (Å²) >= 11 is 0. The second-order valence-corrected chi connectivity index (χ2v) is 6.58. The number of carbonyl (C=O) groups excluding carboxylic acids is 1. The van der Waals surface area contributed by atoms with Crippen LogP contribution in [0.5, 0.6) is 0 Å². The van der Waals surface area contributed by atoms with Crippen LogP contribution in [0.15, 0.2) is 0 Å². The van der Waals surface area contributed by atoms with Gasteiger partial charge in [0.1, 0.15) is 0 Å². The molecule has 0 atom stereocenters. The predicted molar refractivity (Wildman–Crippen MR) is 95.2 cm³/mol. The summed E-state index contributed by atoms with van der Waals surface area (Å²) in [7, 11) is 0. The SMILES string of the molecule is CC(C)CCOCCOCCOCCOCCNC(=O)CC(C)C. The van der Waals surface area contributed by atoms with E-state index < -0.39 is 0 Å². The molecule has 0 aromatic heterocycles. The van der Waals surface area contributed by atoms with E-state index in [0.717, 1.165) is 13.0 Å². The number of carbonyl (C=O) groups is 1. The first-order valence-corrected chi connectivity index (χ1v) is 9.10. The molecule has 1 N–H and O–H groups in total. The third-order valence-corrected chi connectivity index (χ3v) is 3.12. The highest BCUT2D eigenvalue weighted by atomic mass is 16.6. The molecule has 0 saturated carbocycles. The average molecular weight is 347 g/mol. The van der Waals surface area contributed by atoms with Crippen LogP contribution in [0.1, 0.15) is 40.5 Å². The third kappa shape index (κ3) is 19.4. The van der Waals surface area contributed by atoms with Crippen molar-refractivity contribution >= 4 is 5.91 Å². The number of hydrogen-bond acceptors (Lipinski definition) is 5. The highest BCUT2D eigenvalue weighted by Crippen LogP contribution is 1.98. The molecule has 0 rings (SSSR count). The summed E-state index contributed by atoms with van der Waals surface area (Å²) in [6.45, 7) is 13.7. The molecule has 6 nitrogen and oxygen atoms in total. The molecule has 0 radical (unpaired) electrons. The summed E-state index contributed by atoms with van der Waals surface area (Å²) in [6, 6.07) is 0. The number of nitrogens with one attached hydrogen (secondary N) is 1. The van der Waals surface area contributed by atoms with Gasteiger partial charge in [0.05, 0.1) is 46.2 Å². The normalized spacial score (nSPS) is 11.4. The van der Waals surface area contributed by atoms with Gasteiger partial charge in [-0.15, -0.1) is 0 Å². The Morgan fingerprint density at radius 3 is 1.62 bits per heavy atom. The molecule has 0 unspecified atom stereocenters. The Bertz CT molecular complexity index is 285. The van der Waals surface area contributed by atoms with E-state index >= 15 is 0 Å². The number of amides is 1. The minimum Gasteiger partial charge on any atom is -0.379 e. The van der Waals surface area contributed by atoms with E-state index in [4.69, 9.17) is 18.9 Å². The predicted octanol–water partition coefficient (Wildman–Crippen LogP) is 2.26. The fraction of sp³-hybridized carbons (Fsp3) is 0.944.